The number of rotatable bonds is 0. The lowest BCUT2D eigenvalue weighted by Gasteiger charge is -2.05. The molecular weight excluding hydrogens is 308 g/mol. The zero-order valence-electron chi connectivity index (χ0n) is 7.51. The van der Waals surface area contributed by atoms with Gasteiger partial charge in [0, 0.05) is 14.3 Å². The maximum absolute atomic E-state index is 5.75. The van der Waals surface area contributed by atoms with Crippen LogP contribution in [0.1, 0.15) is 5.56 Å². The summed E-state index contributed by atoms with van der Waals surface area (Å²) < 4.78 is 1.98. The van der Waals surface area contributed by atoms with Crippen LogP contribution in [0, 0.1) is 6.92 Å². The first kappa shape index (κ1) is 9.93. The average Bonchev–Trinajstić information content (AvgIpc) is 2.08. The Morgan fingerprint density at radius 3 is 2.64 bits per heavy atom. The van der Waals surface area contributed by atoms with Crippen molar-refractivity contribution in [2.24, 2.45) is 0 Å². The molecule has 0 atom stereocenters. The van der Waals surface area contributed by atoms with Crippen LogP contribution in [-0.2, 0) is 0 Å². The molecule has 0 bridgehead atoms. The zero-order chi connectivity index (χ0) is 10.3. The van der Waals surface area contributed by atoms with Gasteiger partial charge in [-0.05, 0) is 46.6 Å². The van der Waals surface area contributed by atoms with Crippen LogP contribution >= 0.6 is 31.9 Å². The number of fused-ring (bicyclic) bond motifs is 1. The van der Waals surface area contributed by atoms with Crippen molar-refractivity contribution in [2.75, 3.05) is 5.73 Å². The Hall–Kier alpha value is -0.610. The number of nitrogen functional groups attached to an aromatic ring is 1. The average molecular weight is 316 g/mol. The highest BCUT2D eigenvalue weighted by molar-refractivity contribution is 9.11. The highest BCUT2D eigenvalue weighted by atomic mass is 79.9. The molecule has 0 saturated heterocycles. The highest BCUT2D eigenvalue weighted by Gasteiger charge is 2.04. The lowest BCUT2D eigenvalue weighted by molar-refractivity contribution is 1.33. The monoisotopic (exact) mass is 314 g/mol. The molecule has 0 aliphatic carbocycles. The van der Waals surface area contributed by atoms with E-state index in [1.807, 2.05) is 25.1 Å². The molecular formula is C10H8Br2N2. The van der Waals surface area contributed by atoms with Crippen molar-refractivity contribution in [2.45, 2.75) is 6.92 Å². The van der Waals surface area contributed by atoms with Gasteiger partial charge in [-0.2, -0.15) is 0 Å². The van der Waals surface area contributed by atoms with Crippen molar-refractivity contribution in [1.82, 2.24) is 4.98 Å². The van der Waals surface area contributed by atoms with Gasteiger partial charge in [-0.25, -0.2) is 4.98 Å². The van der Waals surface area contributed by atoms with E-state index in [9.17, 15) is 0 Å². The second-order valence-corrected chi connectivity index (χ2v) is 4.92. The number of halogens is 2. The predicted octanol–water partition coefficient (Wildman–Crippen LogP) is 3.65. The number of hydrogen-bond acceptors (Lipinski definition) is 2. The van der Waals surface area contributed by atoms with E-state index < -0.39 is 0 Å². The lowest BCUT2D eigenvalue weighted by Crippen LogP contribution is -1.94. The lowest BCUT2D eigenvalue weighted by atomic mass is 10.1. The molecule has 0 unspecified atom stereocenters. The molecule has 0 radical (unpaired) electrons. The molecule has 1 aromatic carbocycles. The van der Waals surface area contributed by atoms with Crippen LogP contribution in [0.5, 0.6) is 0 Å². The molecule has 0 amide bonds. The van der Waals surface area contributed by atoms with Gasteiger partial charge < -0.3 is 5.73 Å². The van der Waals surface area contributed by atoms with Gasteiger partial charge in [0.05, 0.1) is 5.52 Å². The summed E-state index contributed by atoms with van der Waals surface area (Å²) >= 11 is 6.90. The Morgan fingerprint density at radius 1 is 1.21 bits per heavy atom. The normalized spacial score (nSPS) is 10.8. The maximum atomic E-state index is 5.75. The fraction of sp³-hybridized carbons (Fsp3) is 0.100. The maximum Gasteiger partial charge on any atom is 0.127 e. The second kappa shape index (κ2) is 3.51. The van der Waals surface area contributed by atoms with Crippen molar-refractivity contribution in [3.8, 4) is 0 Å². The topological polar surface area (TPSA) is 38.9 Å². The molecule has 1 heterocycles. The Balaban J connectivity index is 2.89. The minimum absolute atomic E-state index is 0.584. The fourth-order valence-corrected chi connectivity index (χ4v) is 2.68. The standard InChI is InChI=1S/C10H8Br2N2/c1-5-2-6-3-7(11)4-8(12)9(6)14-10(5)13/h2-4H,1H3,(H2,13,14). The SMILES string of the molecule is Cc1cc2cc(Br)cc(Br)c2nc1N. The Kier molecular flexibility index (Phi) is 2.49. The third-order valence-electron chi connectivity index (χ3n) is 2.07. The van der Waals surface area contributed by atoms with E-state index in [4.69, 9.17) is 5.73 Å². The molecule has 0 spiro atoms. The van der Waals surface area contributed by atoms with E-state index in [0.717, 1.165) is 25.4 Å². The van der Waals surface area contributed by atoms with Gasteiger partial charge in [-0.1, -0.05) is 15.9 Å². The number of nitrogens with zero attached hydrogens (tertiary/aromatic N) is 1. The van der Waals surface area contributed by atoms with Crippen LogP contribution in [-0.4, -0.2) is 4.98 Å². The highest BCUT2D eigenvalue weighted by Crippen LogP contribution is 2.28. The fourth-order valence-electron chi connectivity index (χ4n) is 1.33. The molecule has 2 aromatic rings. The largest absolute Gasteiger partial charge is 0.383 e. The number of nitrogens with two attached hydrogens (primary N) is 1. The summed E-state index contributed by atoms with van der Waals surface area (Å²) in [4.78, 5) is 4.33. The summed E-state index contributed by atoms with van der Waals surface area (Å²) in [6.45, 7) is 1.95. The molecule has 4 heteroatoms. The minimum Gasteiger partial charge on any atom is -0.383 e. The van der Waals surface area contributed by atoms with E-state index in [-0.39, 0.29) is 0 Å². The summed E-state index contributed by atoms with van der Waals surface area (Å²) in [5.74, 6) is 0.584. The number of hydrogen-bond donors (Lipinski definition) is 1. The molecule has 2 N–H and O–H groups in total. The van der Waals surface area contributed by atoms with Crippen molar-refractivity contribution in [3.63, 3.8) is 0 Å². The number of anilines is 1. The Labute approximate surface area is 98.8 Å². The van der Waals surface area contributed by atoms with Gasteiger partial charge in [-0.15, -0.1) is 0 Å². The van der Waals surface area contributed by atoms with E-state index in [0.29, 0.717) is 5.82 Å². The molecule has 2 nitrogen and oxygen atoms in total. The quantitative estimate of drug-likeness (QED) is 0.806. The van der Waals surface area contributed by atoms with Crippen LogP contribution < -0.4 is 5.73 Å². The molecule has 0 saturated carbocycles. The van der Waals surface area contributed by atoms with Crippen molar-refractivity contribution in [1.29, 1.82) is 0 Å². The summed E-state index contributed by atoms with van der Waals surface area (Å²) in [7, 11) is 0. The number of aromatic nitrogens is 1. The summed E-state index contributed by atoms with van der Waals surface area (Å²) in [6, 6.07) is 6.02. The third-order valence-corrected chi connectivity index (χ3v) is 3.13. The predicted molar refractivity (Wildman–Crippen MR) is 66.3 cm³/mol. The number of pyridine rings is 1. The first-order chi connectivity index (χ1) is 6.58. The summed E-state index contributed by atoms with van der Waals surface area (Å²) in [6.07, 6.45) is 0. The van der Waals surface area contributed by atoms with E-state index in [1.165, 1.54) is 0 Å². The molecule has 72 valence electrons. The van der Waals surface area contributed by atoms with E-state index in [2.05, 4.69) is 36.8 Å². The van der Waals surface area contributed by atoms with Gasteiger partial charge >= 0.3 is 0 Å². The van der Waals surface area contributed by atoms with Crippen LogP contribution in [0.3, 0.4) is 0 Å². The second-order valence-electron chi connectivity index (χ2n) is 3.15. The van der Waals surface area contributed by atoms with Crippen molar-refractivity contribution < 1.29 is 0 Å². The van der Waals surface area contributed by atoms with Gasteiger partial charge in [0.2, 0.25) is 0 Å². The zero-order valence-corrected chi connectivity index (χ0v) is 10.7. The molecule has 14 heavy (non-hydrogen) atoms. The first-order valence-electron chi connectivity index (χ1n) is 4.10. The first-order valence-corrected chi connectivity index (χ1v) is 5.68. The Bertz CT molecular complexity index is 509. The van der Waals surface area contributed by atoms with Crippen LogP contribution in [0.25, 0.3) is 10.9 Å². The minimum atomic E-state index is 0.584. The van der Waals surface area contributed by atoms with Gasteiger partial charge in [0.25, 0.3) is 0 Å². The van der Waals surface area contributed by atoms with Crippen molar-refractivity contribution in [3.05, 3.63) is 32.7 Å². The van der Waals surface area contributed by atoms with Gasteiger partial charge in [0.15, 0.2) is 0 Å². The Morgan fingerprint density at radius 2 is 1.93 bits per heavy atom. The molecule has 2 rings (SSSR count). The van der Waals surface area contributed by atoms with E-state index >= 15 is 0 Å². The van der Waals surface area contributed by atoms with Crippen LogP contribution in [0.2, 0.25) is 0 Å². The molecule has 0 fully saturated rings. The van der Waals surface area contributed by atoms with Crippen LogP contribution in [0.4, 0.5) is 5.82 Å². The van der Waals surface area contributed by atoms with E-state index in [1.54, 1.807) is 0 Å². The molecule has 0 aliphatic heterocycles. The number of aryl methyl sites for hydroxylation is 1. The molecule has 1 aromatic heterocycles. The van der Waals surface area contributed by atoms with Gasteiger partial charge in [-0.3, -0.25) is 0 Å². The third kappa shape index (κ3) is 1.64. The smallest absolute Gasteiger partial charge is 0.127 e. The number of benzene rings is 1. The van der Waals surface area contributed by atoms with Crippen molar-refractivity contribution >= 4 is 48.6 Å². The van der Waals surface area contributed by atoms with Gasteiger partial charge in [0.1, 0.15) is 5.82 Å². The van der Waals surface area contributed by atoms with Crippen LogP contribution in [0.15, 0.2) is 27.1 Å². The molecule has 0 aliphatic rings. The summed E-state index contributed by atoms with van der Waals surface area (Å²) in [5.41, 5.74) is 7.65. The summed E-state index contributed by atoms with van der Waals surface area (Å²) in [5, 5.41) is 1.08.